The largest absolute Gasteiger partial charge is 0.457 e. The molecule has 1 amide bonds. The lowest BCUT2D eigenvalue weighted by molar-refractivity contribution is -0.116. The van der Waals surface area contributed by atoms with Crippen molar-refractivity contribution in [3.63, 3.8) is 0 Å². The summed E-state index contributed by atoms with van der Waals surface area (Å²) in [6.07, 6.45) is 1.33. The second-order valence-electron chi connectivity index (χ2n) is 4.21. The lowest BCUT2D eigenvalue weighted by atomic mass is 10.1. The number of amides is 1. The van der Waals surface area contributed by atoms with Gasteiger partial charge < -0.3 is 9.73 Å². The number of nitrogens with zero attached hydrogens (tertiary/aromatic N) is 1. The van der Waals surface area contributed by atoms with Crippen LogP contribution < -0.4 is 5.32 Å². The van der Waals surface area contributed by atoms with Crippen LogP contribution in [-0.4, -0.2) is 12.5 Å². The minimum absolute atomic E-state index is 0.0636. The third-order valence-electron chi connectivity index (χ3n) is 2.76. The Morgan fingerprint density at radius 3 is 2.81 bits per heavy atom. The Bertz CT molecular complexity index is 726. The summed E-state index contributed by atoms with van der Waals surface area (Å²) in [6, 6.07) is 11.2. The van der Waals surface area contributed by atoms with E-state index in [1.807, 2.05) is 6.07 Å². The molecule has 2 aromatic rings. The molecule has 0 saturated carbocycles. The Labute approximate surface area is 121 Å². The van der Waals surface area contributed by atoms with Crippen LogP contribution in [0.1, 0.15) is 12.7 Å². The number of likely N-dealkylation sites (N-methyl/N-ethyl adjacent to an activating group) is 1. The van der Waals surface area contributed by atoms with Gasteiger partial charge in [-0.05, 0) is 31.2 Å². The Kier molecular flexibility index (Phi) is 4.52. The monoisotopic (exact) mass is 284 g/mol. The van der Waals surface area contributed by atoms with Gasteiger partial charge in [0.25, 0.3) is 5.91 Å². The lowest BCUT2D eigenvalue weighted by Gasteiger charge is -1.99. The molecular weight excluding hydrogens is 271 g/mol. The molecule has 5 heteroatoms. The van der Waals surface area contributed by atoms with E-state index < -0.39 is 11.7 Å². The molecule has 0 unspecified atom stereocenters. The maximum Gasteiger partial charge on any atom is 0.262 e. The third-order valence-corrected chi connectivity index (χ3v) is 2.76. The van der Waals surface area contributed by atoms with Crippen LogP contribution in [0.2, 0.25) is 0 Å². The fourth-order valence-electron chi connectivity index (χ4n) is 1.78. The minimum atomic E-state index is -0.469. The predicted octanol–water partition coefficient (Wildman–Crippen LogP) is 3.13. The van der Waals surface area contributed by atoms with Gasteiger partial charge in [-0.3, -0.25) is 4.79 Å². The summed E-state index contributed by atoms with van der Waals surface area (Å²) in [5, 5.41) is 11.5. The van der Waals surface area contributed by atoms with Crippen molar-refractivity contribution >= 4 is 12.0 Å². The average Bonchev–Trinajstić information content (AvgIpc) is 2.93. The molecule has 21 heavy (non-hydrogen) atoms. The summed E-state index contributed by atoms with van der Waals surface area (Å²) in [6.45, 7) is 2.19. The molecule has 4 nitrogen and oxygen atoms in total. The maximum absolute atomic E-state index is 13.7. The molecule has 0 bridgehead atoms. The minimum Gasteiger partial charge on any atom is -0.457 e. The highest BCUT2D eigenvalue weighted by Gasteiger charge is 2.11. The molecule has 0 radical (unpaired) electrons. The smallest absolute Gasteiger partial charge is 0.262 e. The van der Waals surface area contributed by atoms with Gasteiger partial charge in [0.05, 0.1) is 5.56 Å². The number of nitriles is 1. The van der Waals surface area contributed by atoms with Gasteiger partial charge in [-0.2, -0.15) is 5.26 Å². The molecule has 106 valence electrons. The van der Waals surface area contributed by atoms with Crippen LogP contribution in [0.3, 0.4) is 0 Å². The second-order valence-corrected chi connectivity index (χ2v) is 4.21. The molecular formula is C16H13FN2O2. The summed E-state index contributed by atoms with van der Waals surface area (Å²) in [5.41, 5.74) is 0.264. The Hall–Kier alpha value is -2.87. The molecule has 0 atom stereocenters. The van der Waals surface area contributed by atoms with E-state index in [1.54, 1.807) is 37.3 Å². The highest BCUT2D eigenvalue weighted by Crippen LogP contribution is 2.25. The van der Waals surface area contributed by atoms with Gasteiger partial charge in [-0.25, -0.2) is 4.39 Å². The number of furan rings is 1. The van der Waals surface area contributed by atoms with Gasteiger partial charge in [-0.15, -0.1) is 0 Å². The molecule has 0 saturated heterocycles. The normalized spacial score (nSPS) is 11.0. The molecule has 1 aromatic heterocycles. The SMILES string of the molecule is CCNC(=O)C(C#N)=Cc1ccc(-c2ccccc2F)o1. The number of hydrogen-bond donors (Lipinski definition) is 1. The van der Waals surface area contributed by atoms with Gasteiger partial charge in [-0.1, -0.05) is 12.1 Å². The van der Waals surface area contributed by atoms with Gasteiger partial charge in [0.1, 0.15) is 29.0 Å². The van der Waals surface area contributed by atoms with E-state index in [0.29, 0.717) is 23.6 Å². The number of hydrogen-bond acceptors (Lipinski definition) is 3. The van der Waals surface area contributed by atoms with Crippen molar-refractivity contribution in [3.05, 3.63) is 53.5 Å². The number of halogens is 1. The summed E-state index contributed by atoms with van der Waals surface area (Å²) in [7, 11) is 0. The van der Waals surface area contributed by atoms with Crippen molar-refractivity contribution in [1.29, 1.82) is 5.26 Å². The predicted molar refractivity (Wildman–Crippen MR) is 76.4 cm³/mol. The number of rotatable bonds is 4. The summed E-state index contributed by atoms with van der Waals surface area (Å²) < 4.78 is 19.1. The average molecular weight is 284 g/mol. The number of benzene rings is 1. The molecule has 0 aliphatic rings. The van der Waals surface area contributed by atoms with Gasteiger partial charge >= 0.3 is 0 Å². The fourth-order valence-corrected chi connectivity index (χ4v) is 1.78. The molecule has 0 fully saturated rings. The van der Waals surface area contributed by atoms with Crippen molar-refractivity contribution in [2.45, 2.75) is 6.92 Å². The Morgan fingerprint density at radius 1 is 1.38 bits per heavy atom. The van der Waals surface area contributed by atoms with Crippen molar-refractivity contribution < 1.29 is 13.6 Å². The topological polar surface area (TPSA) is 66.0 Å². The molecule has 2 rings (SSSR count). The summed E-state index contributed by atoms with van der Waals surface area (Å²) >= 11 is 0. The lowest BCUT2D eigenvalue weighted by Crippen LogP contribution is -2.23. The molecule has 1 heterocycles. The van der Waals surface area contributed by atoms with Crippen LogP contribution >= 0.6 is 0 Å². The van der Waals surface area contributed by atoms with Crippen molar-refractivity contribution in [2.24, 2.45) is 0 Å². The van der Waals surface area contributed by atoms with Gasteiger partial charge in [0, 0.05) is 12.6 Å². The van der Waals surface area contributed by atoms with Crippen LogP contribution in [-0.2, 0) is 4.79 Å². The third kappa shape index (κ3) is 3.37. The molecule has 0 aliphatic heterocycles. The quantitative estimate of drug-likeness (QED) is 0.693. The number of nitrogens with one attached hydrogen (secondary N) is 1. The second kappa shape index (κ2) is 6.53. The van der Waals surface area contributed by atoms with Gasteiger partial charge in [0.15, 0.2) is 0 Å². The van der Waals surface area contributed by atoms with Crippen molar-refractivity contribution in [3.8, 4) is 17.4 Å². The highest BCUT2D eigenvalue weighted by atomic mass is 19.1. The summed E-state index contributed by atoms with van der Waals surface area (Å²) in [5.74, 6) is -0.209. The standard InChI is InChI=1S/C16H13FN2O2/c1-2-19-16(20)11(10-18)9-12-7-8-15(21-12)13-5-3-4-6-14(13)17/h3-9H,2H2,1H3,(H,19,20). The van der Waals surface area contributed by atoms with Crippen molar-refractivity contribution in [1.82, 2.24) is 5.32 Å². The van der Waals surface area contributed by atoms with Gasteiger partial charge in [0.2, 0.25) is 0 Å². The number of carbonyl (C=O) groups excluding carboxylic acids is 1. The fraction of sp³-hybridized carbons (Fsp3) is 0.125. The van der Waals surface area contributed by atoms with Crippen LogP contribution in [0.4, 0.5) is 4.39 Å². The zero-order valence-corrected chi connectivity index (χ0v) is 11.4. The van der Waals surface area contributed by atoms with Crippen LogP contribution in [0.15, 0.2) is 46.4 Å². The van der Waals surface area contributed by atoms with E-state index in [4.69, 9.17) is 9.68 Å². The zero-order valence-electron chi connectivity index (χ0n) is 11.4. The molecule has 0 aliphatic carbocycles. The van der Waals surface area contributed by atoms with Crippen LogP contribution in [0.5, 0.6) is 0 Å². The first kappa shape index (κ1) is 14.5. The van der Waals surface area contributed by atoms with E-state index in [2.05, 4.69) is 5.32 Å². The molecule has 1 aromatic carbocycles. The van der Waals surface area contributed by atoms with E-state index in [9.17, 15) is 9.18 Å². The first-order chi connectivity index (χ1) is 10.2. The number of carbonyl (C=O) groups is 1. The highest BCUT2D eigenvalue weighted by molar-refractivity contribution is 6.01. The Morgan fingerprint density at radius 2 is 2.14 bits per heavy atom. The molecule has 0 spiro atoms. The Balaban J connectivity index is 2.30. The van der Waals surface area contributed by atoms with Crippen LogP contribution in [0.25, 0.3) is 17.4 Å². The van der Waals surface area contributed by atoms with E-state index in [0.717, 1.165) is 0 Å². The van der Waals surface area contributed by atoms with E-state index in [1.165, 1.54) is 12.1 Å². The van der Waals surface area contributed by atoms with Crippen LogP contribution in [0, 0.1) is 17.1 Å². The first-order valence-electron chi connectivity index (χ1n) is 6.40. The molecule has 1 N–H and O–H groups in total. The maximum atomic E-state index is 13.7. The summed E-state index contributed by atoms with van der Waals surface area (Å²) in [4.78, 5) is 11.6. The van der Waals surface area contributed by atoms with E-state index >= 15 is 0 Å². The van der Waals surface area contributed by atoms with E-state index in [-0.39, 0.29) is 5.57 Å². The zero-order chi connectivity index (χ0) is 15.2. The van der Waals surface area contributed by atoms with Crippen molar-refractivity contribution in [2.75, 3.05) is 6.54 Å². The first-order valence-corrected chi connectivity index (χ1v) is 6.40.